The molecule has 0 aromatic rings. The first-order chi connectivity index (χ1) is 8.95. The van der Waals surface area contributed by atoms with E-state index < -0.39 is 12.1 Å². The van der Waals surface area contributed by atoms with E-state index in [0.29, 0.717) is 6.54 Å². The van der Waals surface area contributed by atoms with Gasteiger partial charge in [0.05, 0.1) is 5.92 Å². The van der Waals surface area contributed by atoms with Crippen LogP contribution >= 0.6 is 0 Å². The lowest BCUT2D eigenvalue weighted by atomic mass is 10.0. The van der Waals surface area contributed by atoms with E-state index in [2.05, 4.69) is 19.2 Å². The maximum atomic E-state index is 12.8. The molecule has 5 heteroatoms. The minimum absolute atomic E-state index is 0.0581. The molecule has 2 unspecified atom stereocenters. The van der Waals surface area contributed by atoms with Gasteiger partial charge in [0.15, 0.2) is 0 Å². The molecule has 1 aliphatic rings. The first-order valence-corrected chi connectivity index (χ1v) is 7.46. The Labute approximate surface area is 114 Å². The molecule has 19 heavy (non-hydrogen) atoms. The van der Waals surface area contributed by atoms with Crippen molar-refractivity contribution in [2.75, 3.05) is 26.2 Å². The van der Waals surface area contributed by atoms with Crippen LogP contribution < -0.4 is 5.32 Å². The molecule has 2 atom stereocenters. The van der Waals surface area contributed by atoms with Gasteiger partial charge in [0.25, 0.3) is 0 Å². The van der Waals surface area contributed by atoms with E-state index in [-0.39, 0.29) is 19.1 Å². The second kappa shape index (κ2) is 8.10. The molecular formula is C14H27F3N2. The minimum atomic E-state index is -4.09. The lowest BCUT2D eigenvalue weighted by Gasteiger charge is -2.30. The lowest BCUT2D eigenvalue weighted by molar-refractivity contribution is -0.176. The van der Waals surface area contributed by atoms with Crippen LogP contribution in [0.1, 0.15) is 46.0 Å². The molecule has 0 aliphatic carbocycles. The molecular weight excluding hydrogens is 253 g/mol. The van der Waals surface area contributed by atoms with Gasteiger partial charge in [-0.25, -0.2) is 0 Å². The highest BCUT2D eigenvalue weighted by Crippen LogP contribution is 2.28. The van der Waals surface area contributed by atoms with E-state index in [1.165, 1.54) is 19.3 Å². The van der Waals surface area contributed by atoms with Crippen LogP contribution in [0.25, 0.3) is 0 Å². The number of hydrogen-bond donors (Lipinski definition) is 1. The van der Waals surface area contributed by atoms with Gasteiger partial charge in [0, 0.05) is 32.2 Å². The summed E-state index contributed by atoms with van der Waals surface area (Å²) >= 11 is 0. The number of nitrogens with zero attached hydrogens (tertiary/aromatic N) is 1. The van der Waals surface area contributed by atoms with Crippen molar-refractivity contribution < 1.29 is 13.2 Å². The summed E-state index contributed by atoms with van der Waals surface area (Å²) in [5.74, 6) is -1.23. The SMILES string of the molecule is CCCCCCC(C)N1CCNCC(C(F)(F)F)C1. The molecule has 0 amide bonds. The Kier molecular flexibility index (Phi) is 7.15. The van der Waals surface area contributed by atoms with Crippen molar-refractivity contribution in [1.82, 2.24) is 10.2 Å². The number of nitrogens with one attached hydrogen (secondary N) is 1. The Hall–Kier alpha value is -0.290. The highest BCUT2D eigenvalue weighted by Gasteiger charge is 2.41. The van der Waals surface area contributed by atoms with Gasteiger partial charge in [0.1, 0.15) is 0 Å². The van der Waals surface area contributed by atoms with Gasteiger partial charge in [-0.05, 0) is 13.3 Å². The molecule has 0 radical (unpaired) electrons. The number of unbranched alkanes of at least 4 members (excludes halogenated alkanes) is 3. The van der Waals surface area contributed by atoms with Crippen LogP contribution in [0.2, 0.25) is 0 Å². The van der Waals surface area contributed by atoms with Gasteiger partial charge < -0.3 is 5.32 Å². The van der Waals surface area contributed by atoms with E-state index >= 15 is 0 Å². The standard InChI is InChI=1S/C14H27F3N2/c1-3-4-5-6-7-12(2)19-9-8-18-10-13(11-19)14(15,16)17/h12-13,18H,3-11H2,1-2H3. The predicted octanol–water partition coefficient (Wildman–Crippen LogP) is 3.43. The van der Waals surface area contributed by atoms with Gasteiger partial charge in [-0.15, -0.1) is 0 Å². The average Bonchev–Trinajstić information content (AvgIpc) is 2.59. The van der Waals surface area contributed by atoms with Gasteiger partial charge in [0.2, 0.25) is 0 Å². The van der Waals surface area contributed by atoms with Crippen molar-refractivity contribution in [1.29, 1.82) is 0 Å². The summed E-state index contributed by atoms with van der Waals surface area (Å²) in [5, 5.41) is 2.90. The number of halogens is 3. The van der Waals surface area contributed by atoms with Crippen LogP contribution in [-0.4, -0.2) is 43.3 Å². The van der Waals surface area contributed by atoms with Crippen molar-refractivity contribution in [2.45, 2.75) is 58.2 Å². The predicted molar refractivity (Wildman–Crippen MR) is 72.2 cm³/mol. The fraction of sp³-hybridized carbons (Fsp3) is 1.00. The average molecular weight is 280 g/mol. The zero-order chi connectivity index (χ0) is 14.3. The second-order valence-corrected chi connectivity index (χ2v) is 5.64. The van der Waals surface area contributed by atoms with Gasteiger partial charge in [-0.1, -0.05) is 32.6 Å². The van der Waals surface area contributed by atoms with E-state index in [1.807, 2.05) is 4.90 Å². The minimum Gasteiger partial charge on any atom is -0.315 e. The van der Waals surface area contributed by atoms with Crippen LogP contribution in [0.15, 0.2) is 0 Å². The van der Waals surface area contributed by atoms with Crippen LogP contribution in [0, 0.1) is 5.92 Å². The molecule has 0 saturated carbocycles. The van der Waals surface area contributed by atoms with Gasteiger partial charge in [-0.2, -0.15) is 13.2 Å². The Bertz CT molecular complexity index is 243. The first kappa shape index (κ1) is 16.8. The molecule has 1 rings (SSSR count). The Balaban J connectivity index is 2.41. The number of alkyl halides is 3. The first-order valence-electron chi connectivity index (χ1n) is 7.46. The highest BCUT2D eigenvalue weighted by atomic mass is 19.4. The normalized spacial score (nSPS) is 24.2. The summed E-state index contributed by atoms with van der Waals surface area (Å²) < 4.78 is 38.5. The topological polar surface area (TPSA) is 15.3 Å². The molecule has 2 nitrogen and oxygen atoms in total. The molecule has 1 aliphatic heterocycles. The summed E-state index contributed by atoms with van der Waals surface area (Å²) in [7, 11) is 0. The summed E-state index contributed by atoms with van der Waals surface area (Å²) in [4.78, 5) is 2.00. The monoisotopic (exact) mass is 280 g/mol. The quantitative estimate of drug-likeness (QED) is 0.750. The second-order valence-electron chi connectivity index (χ2n) is 5.64. The van der Waals surface area contributed by atoms with Gasteiger partial charge in [-0.3, -0.25) is 4.90 Å². The fourth-order valence-corrected chi connectivity index (χ4v) is 2.61. The zero-order valence-electron chi connectivity index (χ0n) is 12.1. The largest absolute Gasteiger partial charge is 0.394 e. The van der Waals surface area contributed by atoms with Crippen LogP contribution in [0.3, 0.4) is 0 Å². The van der Waals surface area contributed by atoms with E-state index in [0.717, 1.165) is 19.4 Å². The number of hydrogen-bond acceptors (Lipinski definition) is 2. The van der Waals surface area contributed by atoms with Gasteiger partial charge >= 0.3 is 6.18 Å². The number of rotatable bonds is 6. The summed E-state index contributed by atoms with van der Waals surface area (Å²) in [6.07, 6.45) is 1.64. The summed E-state index contributed by atoms with van der Waals surface area (Å²) in [6.45, 7) is 5.81. The smallest absolute Gasteiger partial charge is 0.315 e. The Morgan fingerprint density at radius 1 is 1.26 bits per heavy atom. The maximum absolute atomic E-state index is 12.8. The third-order valence-electron chi connectivity index (χ3n) is 3.98. The molecule has 0 spiro atoms. The molecule has 0 aromatic carbocycles. The summed E-state index contributed by atoms with van der Waals surface area (Å²) in [6, 6.07) is 0.251. The third kappa shape index (κ3) is 6.13. The molecule has 1 N–H and O–H groups in total. The van der Waals surface area contributed by atoms with Crippen molar-refractivity contribution in [3.63, 3.8) is 0 Å². The van der Waals surface area contributed by atoms with Crippen molar-refractivity contribution in [3.8, 4) is 0 Å². The summed E-state index contributed by atoms with van der Waals surface area (Å²) in [5.41, 5.74) is 0. The van der Waals surface area contributed by atoms with Crippen LogP contribution in [0.5, 0.6) is 0 Å². The van der Waals surface area contributed by atoms with Crippen LogP contribution in [0.4, 0.5) is 13.2 Å². The van der Waals surface area contributed by atoms with Crippen molar-refractivity contribution >= 4 is 0 Å². The Morgan fingerprint density at radius 2 is 2.00 bits per heavy atom. The molecule has 1 saturated heterocycles. The molecule has 114 valence electrons. The van der Waals surface area contributed by atoms with Crippen LogP contribution in [-0.2, 0) is 0 Å². The lowest BCUT2D eigenvalue weighted by Crippen LogP contribution is -2.41. The highest BCUT2D eigenvalue weighted by molar-refractivity contribution is 4.81. The van der Waals surface area contributed by atoms with E-state index in [9.17, 15) is 13.2 Å². The fourth-order valence-electron chi connectivity index (χ4n) is 2.61. The van der Waals surface area contributed by atoms with Crippen molar-refractivity contribution in [3.05, 3.63) is 0 Å². The van der Waals surface area contributed by atoms with E-state index in [4.69, 9.17) is 0 Å². The third-order valence-corrected chi connectivity index (χ3v) is 3.98. The van der Waals surface area contributed by atoms with E-state index in [1.54, 1.807) is 0 Å². The zero-order valence-corrected chi connectivity index (χ0v) is 12.1. The molecule has 1 heterocycles. The maximum Gasteiger partial charge on any atom is 0.394 e. The van der Waals surface area contributed by atoms with Crippen molar-refractivity contribution in [2.24, 2.45) is 5.92 Å². The molecule has 0 aromatic heterocycles. The Morgan fingerprint density at radius 3 is 2.63 bits per heavy atom. The molecule has 1 fully saturated rings. The molecule has 0 bridgehead atoms.